The van der Waals surface area contributed by atoms with Crippen LogP contribution in [0.2, 0.25) is 0 Å². The van der Waals surface area contributed by atoms with Crippen molar-refractivity contribution in [3.8, 4) is 0 Å². The number of rotatable bonds is 45. The van der Waals surface area contributed by atoms with E-state index < -0.39 is 6.10 Å². The van der Waals surface area contributed by atoms with Gasteiger partial charge in [-0.1, -0.05) is 229 Å². The van der Waals surface area contributed by atoms with E-state index >= 15 is 0 Å². The number of hydrogen-bond donors (Lipinski definition) is 0. The van der Waals surface area contributed by atoms with Crippen LogP contribution in [-0.4, -0.2) is 37.9 Å². The summed E-state index contributed by atoms with van der Waals surface area (Å²) in [5.41, 5.74) is 0. The Hall–Kier alpha value is -2.40. The maximum absolute atomic E-state index is 12.7. The molecule has 0 aliphatic heterocycles. The molecule has 0 aromatic carbocycles. The van der Waals surface area contributed by atoms with Gasteiger partial charge in [-0.15, -0.1) is 0 Å². The second-order valence-corrected chi connectivity index (χ2v) is 16.4. The summed E-state index contributed by atoms with van der Waals surface area (Å²) in [6.07, 6.45) is 60.9. The number of allylic oxidation sites excluding steroid dienone is 10. The zero-order chi connectivity index (χ0) is 42.1. The number of carbonyl (C=O) groups excluding carboxylic acids is 2. The van der Waals surface area contributed by atoms with E-state index in [1.807, 2.05) is 0 Å². The molecule has 0 spiro atoms. The number of esters is 2. The van der Waals surface area contributed by atoms with Gasteiger partial charge in [0.25, 0.3) is 0 Å². The third-order valence-electron chi connectivity index (χ3n) is 10.6. The lowest BCUT2D eigenvalue weighted by Crippen LogP contribution is -2.30. The highest BCUT2D eigenvalue weighted by Crippen LogP contribution is 2.15. The lowest BCUT2D eigenvalue weighted by molar-refractivity contribution is -0.162. The van der Waals surface area contributed by atoms with Crippen molar-refractivity contribution in [3.63, 3.8) is 0 Å². The van der Waals surface area contributed by atoms with Crippen LogP contribution in [0.15, 0.2) is 60.8 Å². The molecule has 0 saturated heterocycles. The van der Waals surface area contributed by atoms with Crippen LogP contribution in [0.1, 0.15) is 239 Å². The molecule has 0 bridgehead atoms. The maximum atomic E-state index is 12.7. The summed E-state index contributed by atoms with van der Waals surface area (Å²) in [7, 11) is 0. The topological polar surface area (TPSA) is 61.8 Å². The Morgan fingerprint density at radius 2 is 0.776 bits per heavy atom. The van der Waals surface area contributed by atoms with Gasteiger partial charge in [0.05, 0.1) is 6.61 Å². The highest BCUT2D eigenvalue weighted by Gasteiger charge is 2.17. The van der Waals surface area contributed by atoms with Crippen LogP contribution < -0.4 is 0 Å². The zero-order valence-corrected chi connectivity index (χ0v) is 38.6. The van der Waals surface area contributed by atoms with Gasteiger partial charge in [-0.05, 0) is 57.8 Å². The molecule has 0 heterocycles. The lowest BCUT2D eigenvalue weighted by atomic mass is 10.0. The van der Waals surface area contributed by atoms with Crippen molar-refractivity contribution in [2.45, 2.75) is 245 Å². The van der Waals surface area contributed by atoms with E-state index in [-0.39, 0.29) is 25.2 Å². The normalized spacial score (nSPS) is 12.7. The Bertz CT molecular complexity index is 1010. The number of hydrogen-bond acceptors (Lipinski definition) is 5. The standard InChI is InChI=1S/C53H94O5/c1-4-7-10-13-16-19-21-23-25-27-28-30-32-35-38-41-44-47-53(55)58-51(50-57-52(54)46-43-40-37-34-18-15-12-9-6-3)49-56-48-45-42-39-36-33-31-29-26-24-22-20-17-14-11-8-5-2/h7,10,16,19,23,25,28,30,35,38,51H,4-6,8-9,11-15,17-18,20-22,24,26-27,29,31-34,36-37,39-50H2,1-3H3/b10-7-,19-16-,25-23-,30-28-,38-35-/t51-/m1/s1. The predicted octanol–water partition coefficient (Wildman–Crippen LogP) is 16.6. The summed E-state index contributed by atoms with van der Waals surface area (Å²) in [4.78, 5) is 25.2. The van der Waals surface area contributed by atoms with E-state index in [4.69, 9.17) is 14.2 Å². The van der Waals surface area contributed by atoms with Crippen LogP contribution in [0.25, 0.3) is 0 Å². The van der Waals surface area contributed by atoms with Gasteiger partial charge in [0, 0.05) is 19.4 Å². The van der Waals surface area contributed by atoms with Crippen molar-refractivity contribution < 1.29 is 23.8 Å². The minimum atomic E-state index is -0.561. The molecule has 0 radical (unpaired) electrons. The summed E-state index contributed by atoms with van der Waals surface area (Å²) < 4.78 is 17.3. The minimum Gasteiger partial charge on any atom is -0.462 e. The first-order valence-electron chi connectivity index (χ1n) is 24.8. The van der Waals surface area contributed by atoms with E-state index in [1.165, 1.54) is 135 Å². The molecule has 336 valence electrons. The molecule has 0 aromatic heterocycles. The van der Waals surface area contributed by atoms with Crippen LogP contribution in [0.4, 0.5) is 0 Å². The van der Waals surface area contributed by atoms with Crippen molar-refractivity contribution in [1.82, 2.24) is 0 Å². The molecule has 0 saturated carbocycles. The maximum Gasteiger partial charge on any atom is 0.306 e. The number of unbranched alkanes of at least 4 members (excludes halogenated alkanes) is 24. The molecule has 0 aliphatic carbocycles. The molecule has 1 atom stereocenters. The molecule has 0 aliphatic rings. The van der Waals surface area contributed by atoms with Gasteiger partial charge in [-0.3, -0.25) is 9.59 Å². The molecule has 58 heavy (non-hydrogen) atoms. The van der Waals surface area contributed by atoms with Crippen molar-refractivity contribution in [1.29, 1.82) is 0 Å². The average molecular weight is 811 g/mol. The SMILES string of the molecule is CC/C=C\C/C=C\C/C=C\C/C=C\C/C=C\CCCC(=O)O[C@H](COCCCCCCCCCCCCCCCCCC)COC(=O)CCCCCCCCCCC. The Kier molecular flexibility index (Phi) is 46.9. The molecule has 0 amide bonds. The monoisotopic (exact) mass is 811 g/mol. The van der Waals surface area contributed by atoms with Gasteiger partial charge in [0.1, 0.15) is 6.61 Å². The lowest BCUT2D eigenvalue weighted by Gasteiger charge is -2.18. The number of ether oxygens (including phenoxy) is 3. The Morgan fingerprint density at radius 3 is 1.22 bits per heavy atom. The summed E-state index contributed by atoms with van der Waals surface area (Å²) in [6, 6.07) is 0. The second-order valence-electron chi connectivity index (χ2n) is 16.4. The Labute approximate surface area is 360 Å². The molecular weight excluding hydrogens is 717 g/mol. The van der Waals surface area contributed by atoms with Gasteiger partial charge in [0.2, 0.25) is 0 Å². The highest BCUT2D eigenvalue weighted by molar-refractivity contribution is 5.70. The highest BCUT2D eigenvalue weighted by atomic mass is 16.6. The summed E-state index contributed by atoms with van der Waals surface area (Å²) in [5.74, 6) is -0.460. The van der Waals surface area contributed by atoms with E-state index in [0.29, 0.717) is 19.4 Å². The van der Waals surface area contributed by atoms with Crippen LogP contribution >= 0.6 is 0 Å². The fourth-order valence-electron chi connectivity index (χ4n) is 6.90. The van der Waals surface area contributed by atoms with Gasteiger partial charge in [-0.25, -0.2) is 0 Å². The third kappa shape index (κ3) is 46.3. The van der Waals surface area contributed by atoms with Crippen LogP contribution in [0.5, 0.6) is 0 Å². The molecule has 0 N–H and O–H groups in total. The smallest absolute Gasteiger partial charge is 0.306 e. The zero-order valence-electron chi connectivity index (χ0n) is 38.6. The van der Waals surface area contributed by atoms with E-state index in [2.05, 4.69) is 81.5 Å². The van der Waals surface area contributed by atoms with Gasteiger partial charge in [0.15, 0.2) is 6.10 Å². The molecular formula is C53H94O5. The summed E-state index contributed by atoms with van der Waals surface area (Å²) >= 11 is 0. The Balaban J connectivity index is 4.30. The van der Waals surface area contributed by atoms with E-state index in [1.54, 1.807) is 0 Å². The fraction of sp³-hybridized carbons (Fsp3) is 0.774. The fourth-order valence-corrected chi connectivity index (χ4v) is 6.90. The van der Waals surface area contributed by atoms with Gasteiger partial charge < -0.3 is 14.2 Å². The Morgan fingerprint density at radius 1 is 0.397 bits per heavy atom. The van der Waals surface area contributed by atoms with Gasteiger partial charge in [-0.2, -0.15) is 0 Å². The minimum absolute atomic E-state index is 0.0652. The van der Waals surface area contributed by atoms with Crippen molar-refractivity contribution in [3.05, 3.63) is 60.8 Å². The van der Waals surface area contributed by atoms with Crippen molar-refractivity contribution >= 4 is 11.9 Å². The van der Waals surface area contributed by atoms with Crippen molar-refractivity contribution in [2.24, 2.45) is 0 Å². The first-order valence-corrected chi connectivity index (χ1v) is 24.8. The van der Waals surface area contributed by atoms with Crippen LogP contribution in [0.3, 0.4) is 0 Å². The van der Waals surface area contributed by atoms with E-state index in [9.17, 15) is 9.59 Å². The van der Waals surface area contributed by atoms with Gasteiger partial charge >= 0.3 is 11.9 Å². The largest absolute Gasteiger partial charge is 0.462 e. The number of carbonyl (C=O) groups is 2. The molecule has 5 nitrogen and oxygen atoms in total. The molecule has 0 unspecified atom stereocenters. The first-order chi connectivity index (χ1) is 28.6. The molecule has 0 aromatic rings. The summed E-state index contributed by atoms with van der Waals surface area (Å²) in [6.45, 7) is 7.66. The summed E-state index contributed by atoms with van der Waals surface area (Å²) in [5, 5.41) is 0. The van der Waals surface area contributed by atoms with E-state index in [0.717, 1.165) is 70.6 Å². The predicted molar refractivity (Wildman–Crippen MR) is 251 cm³/mol. The third-order valence-corrected chi connectivity index (χ3v) is 10.6. The molecule has 5 heteroatoms. The van der Waals surface area contributed by atoms with Crippen LogP contribution in [-0.2, 0) is 23.8 Å². The quantitative estimate of drug-likeness (QED) is 0.0348. The molecule has 0 rings (SSSR count). The van der Waals surface area contributed by atoms with Crippen molar-refractivity contribution in [2.75, 3.05) is 19.8 Å². The average Bonchev–Trinajstić information content (AvgIpc) is 3.22. The first kappa shape index (κ1) is 55.6. The van der Waals surface area contributed by atoms with Crippen LogP contribution in [0, 0.1) is 0 Å². The second kappa shape index (κ2) is 49.0. The molecule has 0 fully saturated rings.